The SMILES string of the molecule is O=C(O)CC1COCCN1C(=O)CC1CCC(c2ccccc2)CC1. The minimum Gasteiger partial charge on any atom is -0.481 e. The van der Waals surface area contributed by atoms with Gasteiger partial charge >= 0.3 is 5.97 Å². The van der Waals surface area contributed by atoms with Crippen molar-refractivity contribution >= 4 is 11.9 Å². The predicted molar refractivity (Wildman–Crippen MR) is 94.3 cm³/mol. The van der Waals surface area contributed by atoms with Gasteiger partial charge in [-0.05, 0) is 43.1 Å². The summed E-state index contributed by atoms with van der Waals surface area (Å²) < 4.78 is 5.36. The van der Waals surface area contributed by atoms with Gasteiger partial charge in [-0.3, -0.25) is 9.59 Å². The predicted octanol–water partition coefficient (Wildman–Crippen LogP) is 3.05. The maximum absolute atomic E-state index is 12.7. The van der Waals surface area contributed by atoms with Gasteiger partial charge < -0.3 is 14.7 Å². The van der Waals surface area contributed by atoms with Gasteiger partial charge in [0, 0.05) is 13.0 Å². The minimum atomic E-state index is -0.878. The number of amides is 1. The molecule has 1 N–H and O–H groups in total. The van der Waals surface area contributed by atoms with Gasteiger partial charge in [-0.25, -0.2) is 0 Å². The standard InChI is InChI=1S/C20H27NO4/c22-19(21-10-11-25-14-18(21)13-20(23)24)12-15-6-8-17(9-7-15)16-4-2-1-3-5-16/h1-5,15,17-18H,6-14H2,(H,23,24). The molecule has 1 aliphatic carbocycles. The number of carboxylic acids is 1. The van der Waals surface area contributed by atoms with Gasteiger partial charge in [0.25, 0.3) is 0 Å². The number of morpholine rings is 1. The second-order valence-electron chi connectivity index (χ2n) is 7.25. The summed E-state index contributed by atoms with van der Waals surface area (Å²) in [7, 11) is 0. The Morgan fingerprint density at radius 3 is 2.48 bits per heavy atom. The molecule has 1 amide bonds. The number of rotatable bonds is 5. The molecule has 25 heavy (non-hydrogen) atoms. The van der Waals surface area contributed by atoms with Crippen LogP contribution in [0.4, 0.5) is 0 Å². The van der Waals surface area contributed by atoms with Crippen molar-refractivity contribution in [1.29, 1.82) is 0 Å². The maximum atomic E-state index is 12.7. The Balaban J connectivity index is 1.51. The zero-order chi connectivity index (χ0) is 17.6. The van der Waals surface area contributed by atoms with Crippen LogP contribution in [0.2, 0.25) is 0 Å². The van der Waals surface area contributed by atoms with Crippen LogP contribution in [0.15, 0.2) is 30.3 Å². The van der Waals surface area contributed by atoms with Crippen LogP contribution >= 0.6 is 0 Å². The molecule has 2 fully saturated rings. The molecular formula is C20H27NO4. The number of hydrogen-bond acceptors (Lipinski definition) is 3. The molecule has 1 aliphatic heterocycles. The molecular weight excluding hydrogens is 318 g/mol. The molecule has 1 heterocycles. The zero-order valence-corrected chi connectivity index (χ0v) is 14.6. The zero-order valence-electron chi connectivity index (χ0n) is 14.6. The van der Waals surface area contributed by atoms with Gasteiger partial charge in [0.05, 0.1) is 25.7 Å². The molecule has 3 rings (SSSR count). The second-order valence-corrected chi connectivity index (χ2v) is 7.25. The Morgan fingerprint density at radius 1 is 1.08 bits per heavy atom. The number of ether oxygens (including phenoxy) is 1. The molecule has 136 valence electrons. The third-order valence-electron chi connectivity index (χ3n) is 5.54. The Labute approximate surface area is 149 Å². The molecule has 0 bridgehead atoms. The molecule has 1 aromatic rings. The van der Waals surface area contributed by atoms with Crippen LogP contribution in [0.25, 0.3) is 0 Å². The van der Waals surface area contributed by atoms with Crippen molar-refractivity contribution in [1.82, 2.24) is 4.90 Å². The number of nitrogens with zero attached hydrogens (tertiary/aromatic N) is 1. The van der Waals surface area contributed by atoms with E-state index in [4.69, 9.17) is 9.84 Å². The lowest BCUT2D eigenvalue weighted by molar-refractivity contribution is -0.147. The lowest BCUT2D eigenvalue weighted by atomic mass is 9.77. The van der Waals surface area contributed by atoms with Crippen molar-refractivity contribution in [2.45, 2.75) is 50.5 Å². The van der Waals surface area contributed by atoms with Crippen LogP contribution in [-0.4, -0.2) is 47.7 Å². The van der Waals surface area contributed by atoms with E-state index in [-0.39, 0.29) is 18.4 Å². The first-order valence-electron chi connectivity index (χ1n) is 9.27. The number of hydrogen-bond donors (Lipinski definition) is 1. The van der Waals surface area contributed by atoms with Crippen LogP contribution in [0.1, 0.15) is 50.0 Å². The first-order valence-corrected chi connectivity index (χ1v) is 9.27. The van der Waals surface area contributed by atoms with Crippen molar-refractivity contribution in [3.8, 4) is 0 Å². The molecule has 0 radical (unpaired) electrons. The Morgan fingerprint density at radius 2 is 1.80 bits per heavy atom. The first-order chi connectivity index (χ1) is 12.1. The summed E-state index contributed by atoms with van der Waals surface area (Å²) in [5, 5.41) is 9.03. The van der Waals surface area contributed by atoms with Gasteiger partial charge in [-0.2, -0.15) is 0 Å². The highest BCUT2D eigenvalue weighted by Crippen LogP contribution is 2.37. The molecule has 1 unspecified atom stereocenters. The van der Waals surface area contributed by atoms with E-state index in [9.17, 15) is 9.59 Å². The summed E-state index contributed by atoms with van der Waals surface area (Å²) in [5.74, 6) is 0.242. The normalized spacial score (nSPS) is 27.0. The van der Waals surface area contributed by atoms with Crippen LogP contribution in [-0.2, 0) is 14.3 Å². The fourth-order valence-electron chi connectivity index (χ4n) is 4.14. The Bertz CT molecular complexity index is 581. The molecule has 1 atom stereocenters. The topological polar surface area (TPSA) is 66.8 Å². The Hall–Kier alpha value is -1.88. The molecule has 0 aromatic heterocycles. The third kappa shape index (κ3) is 4.82. The smallest absolute Gasteiger partial charge is 0.305 e. The molecule has 5 heteroatoms. The second kappa shape index (κ2) is 8.48. The van der Waals surface area contributed by atoms with E-state index in [1.807, 2.05) is 6.07 Å². The molecule has 0 spiro atoms. The van der Waals surface area contributed by atoms with Gasteiger partial charge in [-0.15, -0.1) is 0 Å². The summed E-state index contributed by atoms with van der Waals surface area (Å²) in [6.07, 6.45) is 4.90. The summed E-state index contributed by atoms with van der Waals surface area (Å²) in [6, 6.07) is 10.3. The minimum absolute atomic E-state index is 0.0352. The first kappa shape index (κ1) is 17.9. The molecule has 5 nitrogen and oxygen atoms in total. The van der Waals surface area contributed by atoms with Crippen molar-refractivity contribution in [2.75, 3.05) is 19.8 Å². The Kier molecular flexibility index (Phi) is 6.08. The van der Waals surface area contributed by atoms with E-state index >= 15 is 0 Å². The number of carbonyl (C=O) groups is 2. The highest BCUT2D eigenvalue weighted by atomic mass is 16.5. The molecule has 1 saturated carbocycles. The highest BCUT2D eigenvalue weighted by molar-refractivity contribution is 5.78. The quantitative estimate of drug-likeness (QED) is 0.891. The fraction of sp³-hybridized carbons (Fsp3) is 0.600. The maximum Gasteiger partial charge on any atom is 0.305 e. The van der Waals surface area contributed by atoms with E-state index in [0.717, 1.165) is 25.7 Å². The summed E-state index contributed by atoms with van der Waals surface area (Å²) in [6.45, 7) is 1.34. The van der Waals surface area contributed by atoms with Gasteiger partial charge in [0.2, 0.25) is 5.91 Å². The monoisotopic (exact) mass is 345 g/mol. The number of carboxylic acid groups (broad SMARTS) is 1. The van der Waals surface area contributed by atoms with Crippen molar-refractivity contribution in [3.63, 3.8) is 0 Å². The third-order valence-corrected chi connectivity index (χ3v) is 5.54. The van der Waals surface area contributed by atoms with E-state index in [1.54, 1.807) is 4.90 Å². The lowest BCUT2D eigenvalue weighted by Gasteiger charge is -2.36. The lowest BCUT2D eigenvalue weighted by Crippen LogP contribution is -2.50. The highest BCUT2D eigenvalue weighted by Gasteiger charge is 2.31. The largest absolute Gasteiger partial charge is 0.481 e. The number of carbonyl (C=O) groups excluding carboxylic acids is 1. The average Bonchev–Trinajstić information content (AvgIpc) is 2.63. The fourth-order valence-corrected chi connectivity index (χ4v) is 4.14. The van der Waals surface area contributed by atoms with Crippen molar-refractivity contribution in [3.05, 3.63) is 35.9 Å². The summed E-state index contributed by atoms with van der Waals surface area (Å²) in [4.78, 5) is 25.4. The van der Waals surface area contributed by atoms with Gasteiger partial charge in [-0.1, -0.05) is 30.3 Å². The van der Waals surface area contributed by atoms with Crippen LogP contribution < -0.4 is 0 Å². The van der Waals surface area contributed by atoms with Gasteiger partial charge in [0.1, 0.15) is 0 Å². The van der Waals surface area contributed by atoms with Crippen molar-refractivity contribution < 1.29 is 19.4 Å². The van der Waals surface area contributed by atoms with Crippen LogP contribution in [0, 0.1) is 5.92 Å². The van der Waals surface area contributed by atoms with E-state index in [2.05, 4.69) is 24.3 Å². The number of aliphatic carboxylic acids is 1. The molecule has 2 aliphatic rings. The summed E-state index contributed by atoms with van der Waals surface area (Å²) >= 11 is 0. The van der Waals surface area contributed by atoms with E-state index in [0.29, 0.717) is 38.0 Å². The average molecular weight is 345 g/mol. The van der Waals surface area contributed by atoms with Crippen molar-refractivity contribution in [2.24, 2.45) is 5.92 Å². The summed E-state index contributed by atoms with van der Waals surface area (Å²) in [5.41, 5.74) is 1.40. The van der Waals surface area contributed by atoms with Crippen LogP contribution in [0.3, 0.4) is 0 Å². The molecule has 1 saturated heterocycles. The van der Waals surface area contributed by atoms with Crippen LogP contribution in [0.5, 0.6) is 0 Å². The van der Waals surface area contributed by atoms with E-state index in [1.165, 1.54) is 5.56 Å². The number of benzene rings is 1. The molecule has 1 aromatic carbocycles. The van der Waals surface area contributed by atoms with E-state index < -0.39 is 5.97 Å². The van der Waals surface area contributed by atoms with Gasteiger partial charge in [0.15, 0.2) is 0 Å².